The number of alkyl halides is 2. The smallest absolute Gasteiger partial charge is 0.384 e. The molecule has 0 unspecified atom stereocenters. The third-order valence-corrected chi connectivity index (χ3v) is 2.17. The van der Waals surface area contributed by atoms with Gasteiger partial charge < -0.3 is 4.74 Å². The molecule has 0 fully saturated rings. The summed E-state index contributed by atoms with van der Waals surface area (Å²) in [7, 11) is 0. The van der Waals surface area contributed by atoms with Crippen LogP contribution in [0.4, 0.5) is 41.2 Å². The number of benzene rings is 1. The Kier molecular flexibility index (Phi) is 5.97. The molecule has 1 amide bonds. The van der Waals surface area contributed by atoms with Gasteiger partial charge in [-0.25, -0.2) is 26.7 Å². The molecule has 0 saturated carbocycles. The summed E-state index contributed by atoms with van der Waals surface area (Å²) in [4.78, 5) is 15.7. The first-order valence-electron chi connectivity index (χ1n) is 5.65. The number of ether oxygens (including phenoxy) is 1. The highest BCUT2D eigenvalue weighted by Gasteiger charge is 2.34. The second-order valence-corrected chi connectivity index (χ2v) is 3.69. The predicted molar refractivity (Wildman–Crippen MR) is 57.4 cm³/mol. The van der Waals surface area contributed by atoms with Crippen molar-refractivity contribution in [3.05, 3.63) is 29.1 Å². The minimum atomic E-state index is -3.69. The first-order chi connectivity index (χ1) is 10.2. The fraction of sp³-hybridized carbons (Fsp3) is 0.364. The van der Waals surface area contributed by atoms with Crippen LogP contribution in [0.3, 0.4) is 0 Å². The van der Waals surface area contributed by atoms with Gasteiger partial charge in [-0.15, -0.1) is 5.06 Å². The van der Waals surface area contributed by atoms with Gasteiger partial charge in [0.1, 0.15) is 0 Å². The van der Waals surface area contributed by atoms with Crippen molar-refractivity contribution in [3.63, 3.8) is 0 Å². The van der Waals surface area contributed by atoms with Crippen LogP contribution in [0.15, 0.2) is 0 Å². The van der Waals surface area contributed by atoms with Gasteiger partial charge in [0.05, 0.1) is 6.61 Å². The molecule has 4 nitrogen and oxygen atoms in total. The maximum absolute atomic E-state index is 13.5. The third-order valence-electron chi connectivity index (χ3n) is 2.17. The highest BCUT2D eigenvalue weighted by atomic mass is 19.3. The molecular weight excluding hydrogens is 327 g/mol. The molecule has 0 bridgehead atoms. The highest BCUT2D eigenvalue weighted by Crippen LogP contribution is 2.31. The Morgan fingerprint density at radius 3 is 1.86 bits per heavy atom. The van der Waals surface area contributed by atoms with Gasteiger partial charge in [-0.05, 0) is 6.42 Å². The van der Waals surface area contributed by atoms with Gasteiger partial charge in [-0.2, -0.15) is 8.78 Å². The topological polar surface area (TPSA) is 38.8 Å². The van der Waals surface area contributed by atoms with Crippen molar-refractivity contribution >= 4 is 11.8 Å². The summed E-state index contributed by atoms with van der Waals surface area (Å²) >= 11 is 0. The molecular formula is C11H8F7NO3. The van der Waals surface area contributed by atoms with E-state index in [1.54, 1.807) is 0 Å². The lowest BCUT2D eigenvalue weighted by molar-refractivity contribution is -0.0877. The van der Waals surface area contributed by atoms with Gasteiger partial charge in [0.2, 0.25) is 5.82 Å². The van der Waals surface area contributed by atoms with Crippen LogP contribution < -0.4 is 5.06 Å². The van der Waals surface area contributed by atoms with Gasteiger partial charge in [0.15, 0.2) is 29.0 Å². The number of nitrogens with zero attached hydrogens (tertiary/aromatic N) is 1. The van der Waals surface area contributed by atoms with Crippen molar-refractivity contribution in [1.29, 1.82) is 0 Å². The summed E-state index contributed by atoms with van der Waals surface area (Å²) in [6, 6.07) is 0. The molecule has 0 aromatic heterocycles. The second-order valence-electron chi connectivity index (χ2n) is 3.69. The van der Waals surface area contributed by atoms with Crippen LogP contribution in [0.5, 0.6) is 0 Å². The molecule has 1 aromatic carbocycles. The zero-order valence-electron chi connectivity index (χ0n) is 10.8. The van der Waals surface area contributed by atoms with Crippen LogP contribution in [0.2, 0.25) is 0 Å². The molecule has 0 aliphatic heterocycles. The average Bonchev–Trinajstić information content (AvgIpc) is 2.45. The molecule has 0 spiro atoms. The molecule has 0 N–H and O–H groups in total. The predicted octanol–water partition coefficient (Wildman–Crippen LogP) is 3.89. The zero-order valence-corrected chi connectivity index (χ0v) is 10.8. The molecule has 0 heterocycles. The quantitative estimate of drug-likeness (QED) is 0.355. The van der Waals surface area contributed by atoms with E-state index in [4.69, 9.17) is 0 Å². The van der Waals surface area contributed by atoms with E-state index in [0.717, 1.165) is 0 Å². The first kappa shape index (κ1) is 18.0. The summed E-state index contributed by atoms with van der Waals surface area (Å²) < 4.78 is 93.4. The summed E-state index contributed by atoms with van der Waals surface area (Å²) in [6.07, 6.45) is -2.01. The Balaban J connectivity index is 3.39. The van der Waals surface area contributed by atoms with Crippen LogP contribution in [0, 0.1) is 29.1 Å². The van der Waals surface area contributed by atoms with Crippen LogP contribution in [-0.4, -0.2) is 19.3 Å². The molecule has 1 aromatic rings. The molecule has 0 aliphatic rings. The SMILES string of the molecule is CCCON(C(=O)OC(F)F)c1c(F)c(F)c(F)c(F)c1F. The Morgan fingerprint density at radius 2 is 1.45 bits per heavy atom. The van der Waals surface area contributed by atoms with Gasteiger partial charge in [0, 0.05) is 0 Å². The standard InChI is InChI=1S/C11H8F7NO3/c1-2-3-21-19(11(20)22-10(17)18)9-7(15)5(13)4(12)6(14)8(9)16/h10H,2-3H2,1H3. The fourth-order valence-corrected chi connectivity index (χ4v) is 1.29. The molecule has 0 saturated heterocycles. The number of rotatable bonds is 5. The van der Waals surface area contributed by atoms with E-state index in [-0.39, 0.29) is 6.42 Å². The lowest BCUT2D eigenvalue weighted by Crippen LogP contribution is -2.35. The minimum Gasteiger partial charge on any atom is -0.384 e. The van der Waals surface area contributed by atoms with Crippen LogP contribution in [0.25, 0.3) is 0 Å². The molecule has 1 rings (SSSR count). The minimum absolute atomic E-state index is 0.133. The van der Waals surface area contributed by atoms with Crippen molar-refractivity contribution < 1.29 is 45.1 Å². The van der Waals surface area contributed by atoms with Gasteiger partial charge >= 0.3 is 12.7 Å². The molecule has 0 aliphatic carbocycles. The lowest BCUT2D eigenvalue weighted by atomic mass is 10.2. The van der Waals surface area contributed by atoms with E-state index in [1.807, 2.05) is 0 Å². The number of amides is 1. The van der Waals surface area contributed by atoms with E-state index in [2.05, 4.69) is 9.57 Å². The van der Waals surface area contributed by atoms with Crippen molar-refractivity contribution in [2.75, 3.05) is 11.7 Å². The van der Waals surface area contributed by atoms with Crippen LogP contribution in [0.1, 0.15) is 13.3 Å². The molecule has 124 valence electrons. The van der Waals surface area contributed by atoms with E-state index >= 15 is 0 Å². The first-order valence-corrected chi connectivity index (χ1v) is 5.65. The monoisotopic (exact) mass is 335 g/mol. The molecule has 22 heavy (non-hydrogen) atoms. The molecule has 11 heteroatoms. The van der Waals surface area contributed by atoms with Crippen molar-refractivity contribution in [1.82, 2.24) is 0 Å². The number of hydroxylamine groups is 1. The molecule has 0 atom stereocenters. The van der Waals surface area contributed by atoms with Gasteiger partial charge in [-0.1, -0.05) is 6.92 Å². The fourth-order valence-electron chi connectivity index (χ4n) is 1.29. The molecule has 0 radical (unpaired) electrons. The summed E-state index contributed by atoms with van der Waals surface area (Å²) in [6.45, 7) is -2.67. The summed E-state index contributed by atoms with van der Waals surface area (Å²) in [5.74, 6) is -12.1. The number of hydrogen-bond donors (Lipinski definition) is 0. The van der Waals surface area contributed by atoms with Crippen LogP contribution in [-0.2, 0) is 9.57 Å². The Labute approximate surface area is 119 Å². The average molecular weight is 335 g/mol. The second kappa shape index (κ2) is 7.29. The number of halogens is 7. The number of carbonyl (C=O) groups is 1. The zero-order chi connectivity index (χ0) is 17.0. The van der Waals surface area contributed by atoms with E-state index in [0.29, 0.717) is 0 Å². The third kappa shape index (κ3) is 3.59. The van der Waals surface area contributed by atoms with Crippen molar-refractivity contribution in [2.45, 2.75) is 20.0 Å². The van der Waals surface area contributed by atoms with Crippen molar-refractivity contribution in [2.24, 2.45) is 0 Å². The van der Waals surface area contributed by atoms with Crippen LogP contribution >= 0.6 is 0 Å². The maximum Gasteiger partial charge on any atom is 0.443 e. The Morgan fingerprint density at radius 1 is 1.00 bits per heavy atom. The Hall–Kier alpha value is -2.04. The van der Waals surface area contributed by atoms with E-state index < -0.39 is 59.1 Å². The Bertz CT molecular complexity index is 538. The lowest BCUT2D eigenvalue weighted by Gasteiger charge is -2.22. The summed E-state index contributed by atoms with van der Waals surface area (Å²) in [5, 5.41) is -0.550. The maximum atomic E-state index is 13.5. The van der Waals surface area contributed by atoms with E-state index in [1.165, 1.54) is 6.92 Å². The van der Waals surface area contributed by atoms with Gasteiger partial charge in [-0.3, -0.25) is 4.84 Å². The van der Waals surface area contributed by atoms with E-state index in [9.17, 15) is 35.5 Å². The number of hydrogen-bond acceptors (Lipinski definition) is 3. The number of anilines is 1. The normalized spacial score (nSPS) is 11.0. The van der Waals surface area contributed by atoms with Crippen molar-refractivity contribution in [3.8, 4) is 0 Å². The highest BCUT2D eigenvalue weighted by molar-refractivity contribution is 5.85. The number of carbonyl (C=O) groups excluding carboxylic acids is 1. The summed E-state index contributed by atoms with van der Waals surface area (Å²) in [5.41, 5.74) is -1.85. The van der Waals surface area contributed by atoms with Gasteiger partial charge in [0.25, 0.3) is 0 Å². The largest absolute Gasteiger partial charge is 0.443 e.